The van der Waals surface area contributed by atoms with E-state index in [1.807, 2.05) is 6.07 Å². The molecule has 1 fully saturated rings. The SMILES string of the molecule is N#CC1(NC(=O)c2cccc(C(F)(F)F)c2F)CCSC1. The Morgan fingerprint density at radius 1 is 1.43 bits per heavy atom. The smallest absolute Gasteiger partial charge is 0.333 e. The molecule has 0 aliphatic carbocycles. The highest BCUT2D eigenvalue weighted by Crippen LogP contribution is 2.33. The van der Waals surface area contributed by atoms with Crippen LogP contribution in [-0.4, -0.2) is 23.0 Å². The number of carbonyl (C=O) groups is 1. The van der Waals surface area contributed by atoms with Gasteiger partial charge in [-0.1, -0.05) is 6.07 Å². The third kappa shape index (κ3) is 3.13. The van der Waals surface area contributed by atoms with Gasteiger partial charge in [0.2, 0.25) is 0 Å². The molecular weight excluding hydrogens is 308 g/mol. The van der Waals surface area contributed by atoms with Gasteiger partial charge in [0.1, 0.15) is 11.4 Å². The van der Waals surface area contributed by atoms with Gasteiger partial charge < -0.3 is 5.32 Å². The van der Waals surface area contributed by atoms with Crippen LogP contribution >= 0.6 is 11.8 Å². The van der Waals surface area contributed by atoms with Gasteiger partial charge in [0, 0.05) is 5.75 Å². The lowest BCUT2D eigenvalue weighted by molar-refractivity contribution is -0.140. The molecule has 112 valence electrons. The highest BCUT2D eigenvalue weighted by atomic mass is 32.2. The minimum Gasteiger partial charge on any atom is -0.333 e. The van der Waals surface area contributed by atoms with Crippen molar-refractivity contribution in [2.75, 3.05) is 11.5 Å². The lowest BCUT2D eigenvalue weighted by atomic mass is 10.00. The van der Waals surface area contributed by atoms with Gasteiger partial charge in [0.25, 0.3) is 5.91 Å². The zero-order valence-electron chi connectivity index (χ0n) is 10.6. The van der Waals surface area contributed by atoms with Gasteiger partial charge in [-0.25, -0.2) is 4.39 Å². The molecule has 1 aromatic carbocycles. The highest BCUT2D eigenvalue weighted by Gasteiger charge is 2.39. The molecular formula is C13H10F4N2OS. The fourth-order valence-corrected chi connectivity index (χ4v) is 3.26. The maximum absolute atomic E-state index is 13.9. The molecule has 0 spiro atoms. The Labute approximate surface area is 122 Å². The van der Waals surface area contributed by atoms with Crippen molar-refractivity contribution in [2.45, 2.75) is 18.1 Å². The largest absolute Gasteiger partial charge is 0.419 e. The second kappa shape index (κ2) is 5.56. The van der Waals surface area contributed by atoms with Crippen LogP contribution in [0.2, 0.25) is 0 Å². The summed E-state index contributed by atoms with van der Waals surface area (Å²) in [6.45, 7) is 0. The Morgan fingerprint density at radius 3 is 2.67 bits per heavy atom. The Hall–Kier alpha value is -1.75. The number of nitrogens with zero attached hydrogens (tertiary/aromatic N) is 1. The summed E-state index contributed by atoms with van der Waals surface area (Å²) in [4.78, 5) is 12.0. The van der Waals surface area contributed by atoms with Crippen molar-refractivity contribution in [1.29, 1.82) is 5.26 Å². The fourth-order valence-electron chi connectivity index (χ4n) is 1.99. The molecule has 3 nitrogen and oxygen atoms in total. The quantitative estimate of drug-likeness (QED) is 0.853. The van der Waals surface area contributed by atoms with Crippen molar-refractivity contribution >= 4 is 17.7 Å². The average molecular weight is 318 g/mol. The average Bonchev–Trinajstić information content (AvgIpc) is 2.86. The first-order valence-corrected chi connectivity index (χ1v) is 7.12. The number of rotatable bonds is 2. The van der Waals surface area contributed by atoms with Crippen molar-refractivity contribution < 1.29 is 22.4 Å². The Morgan fingerprint density at radius 2 is 2.14 bits per heavy atom. The summed E-state index contributed by atoms with van der Waals surface area (Å²) in [5, 5.41) is 11.5. The van der Waals surface area contributed by atoms with Crippen LogP contribution in [0.3, 0.4) is 0 Å². The van der Waals surface area contributed by atoms with Crippen molar-refractivity contribution in [3.8, 4) is 6.07 Å². The van der Waals surface area contributed by atoms with E-state index in [-0.39, 0.29) is 0 Å². The number of nitriles is 1. The van der Waals surface area contributed by atoms with Crippen molar-refractivity contribution in [2.24, 2.45) is 0 Å². The molecule has 1 aliphatic heterocycles. The second-order valence-electron chi connectivity index (χ2n) is 4.62. The van der Waals surface area contributed by atoms with Gasteiger partial charge in [-0.2, -0.15) is 30.2 Å². The van der Waals surface area contributed by atoms with Gasteiger partial charge >= 0.3 is 6.18 Å². The molecule has 1 aliphatic rings. The summed E-state index contributed by atoms with van der Waals surface area (Å²) in [5.74, 6) is -1.65. The van der Waals surface area contributed by atoms with Crippen LogP contribution in [0.15, 0.2) is 18.2 Å². The minimum absolute atomic E-state index is 0.329. The number of carbonyl (C=O) groups excluding carboxylic acids is 1. The van der Waals surface area contributed by atoms with Crippen LogP contribution in [0, 0.1) is 17.1 Å². The van der Waals surface area contributed by atoms with E-state index in [0.29, 0.717) is 24.0 Å². The number of hydrogen-bond acceptors (Lipinski definition) is 3. The molecule has 21 heavy (non-hydrogen) atoms. The third-order valence-corrected chi connectivity index (χ3v) is 4.33. The zero-order valence-corrected chi connectivity index (χ0v) is 11.4. The highest BCUT2D eigenvalue weighted by molar-refractivity contribution is 7.99. The Kier molecular flexibility index (Phi) is 4.14. The first-order chi connectivity index (χ1) is 9.79. The zero-order chi connectivity index (χ0) is 15.7. The number of benzene rings is 1. The summed E-state index contributed by atoms with van der Waals surface area (Å²) in [7, 11) is 0. The topological polar surface area (TPSA) is 52.9 Å². The normalized spacial score (nSPS) is 21.9. The van der Waals surface area contributed by atoms with Crippen LogP contribution in [0.1, 0.15) is 22.3 Å². The van der Waals surface area contributed by atoms with Gasteiger partial charge in [-0.3, -0.25) is 4.79 Å². The molecule has 8 heteroatoms. The van der Waals surface area contributed by atoms with E-state index < -0.39 is 34.6 Å². The first-order valence-electron chi connectivity index (χ1n) is 5.96. The molecule has 0 saturated carbocycles. The van der Waals surface area contributed by atoms with E-state index in [1.54, 1.807) is 0 Å². The van der Waals surface area contributed by atoms with Crippen molar-refractivity contribution in [3.63, 3.8) is 0 Å². The molecule has 1 heterocycles. The van der Waals surface area contributed by atoms with Gasteiger partial charge in [-0.15, -0.1) is 0 Å². The number of amides is 1. The van der Waals surface area contributed by atoms with Crippen LogP contribution in [0.25, 0.3) is 0 Å². The molecule has 0 radical (unpaired) electrons. The lowest BCUT2D eigenvalue weighted by Gasteiger charge is -2.21. The molecule has 0 aromatic heterocycles. The van der Waals surface area contributed by atoms with E-state index in [4.69, 9.17) is 5.26 Å². The minimum atomic E-state index is -4.88. The van der Waals surface area contributed by atoms with E-state index in [1.165, 1.54) is 11.8 Å². The standard InChI is InChI=1S/C13H10F4N2OS/c14-10-8(2-1-3-9(10)13(15,16)17)11(20)19-12(6-18)4-5-21-7-12/h1-3H,4-5,7H2,(H,19,20). The molecule has 0 bridgehead atoms. The number of hydrogen-bond donors (Lipinski definition) is 1. The molecule has 2 rings (SSSR count). The number of alkyl halides is 3. The second-order valence-corrected chi connectivity index (χ2v) is 5.72. The third-order valence-electron chi connectivity index (χ3n) is 3.14. The summed E-state index contributed by atoms with van der Waals surface area (Å²) in [6, 6.07) is 4.44. The fraction of sp³-hybridized carbons (Fsp3) is 0.385. The lowest BCUT2D eigenvalue weighted by Crippen LogP contribution is -2.47. The van der Waals surface area contributed by atoms with Crippen LogP contribution in [0.5, 0.6) is 0 Å². The summed E-state index contributed by atoms with van der Waals surface area (Å²) < 4.78 is 51.7. The molecule has 1 atom stereocenters. The molecule has 1 unspecified atom stereocenters. The van der Waals surface area contributed by atoms with E-state index in [2.05, 4.69) is 5.32 Å². The predicted octanol–water partition coefficient (Wildman–Crippen LogP) is 2.97. The maximum Gasteiger partial charge on any atom is 0.419 e. The van der Waals surface area contributed by atoms with Crippen LogP contribution in [-0.2, 0) is 6.18 Å². The number of nitrogens with one attached hydrogen (secondary N) is 1. The van der Waals surface area contributed by atoms with Gasteiger partial charge in [0.15, 0.2) is 0 Å². The molecule has 1 aromatic rings. The predicted molar refractivity (Wildman–Crippen MR) is 69.2 cm³/mol. The van der Waals surface area contributed by atoms with E-state index >= 15 is 0 Å². The summed E-state index contributed by atoms with van der Waals surface area (Å²) >= 11 is 1.44. The summed E-state index contributed by atoms with van der Waals surface area (Å²) in [5.41, 5.74) is -3.36. The summed E-state index contributed by atoms with van der Waals surface area (Å²) in [6.07, 6.45) is -4.50. The molecule has 1 N–H and O–H groups in total. The van der Waals surface area contributed by atoms with Crippen LogP contribution in [0.4, 0.5) is 17.6 Å². The Bertz CT molecular complexity index is 603. The monoisotopic (exact) mass is 318 g/mol. The maximum atomic E-state index is 13.9. The number of halogens is 4. The van der Waals surface area contributed by atoms with Crippen molar-refractivity contribution in [3.05, 3.63) is 35.1 Å². The molecule has 1 saturated heterocycles. The first kappa shape index (κ1) is 15.6. The van der Waals surface area contributed by atoms with Gasteiger partial charge in [0.05, 0.1) is 17.2 Å². The van der Waals surface area contributed by atoms with E-state index in [9.17, 15) is 22.4 Å². The van der Waals surface area contributed by atoms with Crippen molar-refractivity contribution in [1.82, 2.24) is 5.32 Å². The number of thioether (sulfide) groups is 1. The molecule has 1 amide bonds. The van der Waals surface area contributed by atoms with Crippen LogP contribution < -0.4 is 5.32 Å². The van der Waals surface area contributed by atoms with Gasteiger partial charge in [-0.05, 0) is 24.3 Å². The Balaban J connectivity index is 2.31. The van der Waals surface area contributed by atoms with E-state index in [0.717, 1.165) is 12.1 Å².